The summed E-state index contributed by atoms with van der Waals surface area (Å²) in [7, 11) is 1.57. The summed E-state index contributed by atoms with van der Waals surface area (Å²) in [5.74, 6) is 0.296. The smallest absolute Gasteiger partial charge is 0.353 e. The number of nitro groups is 1. The van der Waals surface area contributed by atoms with Crippen LogP contribution in [0.5, 0.6) is 0 Å². The van der Waals surface area contributed by atoms with Crippen LogP contribution in [0.3, 0.4) is 0 Å². The Morgan fingerprint density at radius 3 is 2.52 bits per heavy atom. The Labute approximate surface area is 134 Å². The minimum Gasteiger partial charge on any atom is -0.383 e. The van der Waals surface area contributed by atoms with Gasteiger partial charge >= 0.3 is 5.69 Å². The minimum atomic E-state index is -0.502. The van der Waals surface area contributed by atoms with E-state index < -0.39 is 4.92 Å². The van der Waals surface area contributed by atoms with Gasteiger partial charge in [-0.05, 0) is 26.0 Å². The lowest BCUT2D eigenvalue weighted by Gasteiger charge is -2.14. The first-order valence-electron chi connectivity index (χ1n) is 7.09. The maximum Gasteiger partial charge on any atom is 0.353 e. The van der Waals surface area contributed by atoms with Crippen LogP contribution in [0.4, 0.5) is 23.0 Å². The summed E-state index contributed by atoms with van der Waals surface area (Å²) in [4.78, 5) is 18.9. The van der Waals surface area contributed by atoms with Crippen LogP contribution in [0, 0.1) is 17.0 Å². The molecule has 0 radical (unpaired) electrons. The van der Waals surface area contributed by atoms with Crippen molar-refractivity contribution in [3.05, 3.63) is 46.3 Å². The molecule has 122 valence electrons. The molecule has 1 atom stereocenters. The number of nitrogens with zero attached hydrogens (tertiary/aromatic N) is 3. The van der Waals surface area contributed by atoms with Crippen molar-refractivity contribution in [3.63, 3.8) is 0 Å². The van der Waals surface area contributed by atoms with E-state index in [0.29, 0.717) is 12.3 Å². The fraction of sp³-hybridized carbons (Fsp3) is 0.333. The molecule has 0 saturated heterocycles. The number of hydrogen-bond acceptors (Lipinski definition) is 7. The first kappa shape index (κ1) is 16.6. The van der Waals surface area contributed by atoms with E-state index in [4.69, 9.17) is 4.74 Å². The maximum absolute atomic E-state index is 11.4. The van der Waals surface area contributed by atoms with E-state index in [1.165, 1.54) is 6.33 Å². The van der Waals surface area contributed by atoms with Crippen LogP contribution in [-0.2, 0) is 4.74 Å². The van der Waals surface area contributed by atoms with Gasteiger partial charge < -0.3 is 15.4 Å². The summed E-state index contributed by atoms with van der Waals surface area (Å²) in [6.45, 7) is 4.22. The van der Waals surface area contributed by atoms with Crippen LogP contribution in [-0.4, -0.2) is 34.6 Å². The molecular weight excluding hydrogens is 298 g/mol. The predicted octanol–water partition coefficient (Wildman–Crippen LogP) is 2.88. The number of ether oxygens (including phenoxy) is 1. The molecule has 0 bridgehead atoms. The van der Waals surface area contributed by atoms with E-state index in [-0.39, 0.29) is 23.4 Å². The van der Waals surface area contributed by atoms with E-state index in [1.807, 2.05) is 38.1 Å². The fourth-order valence-electron chi connectivity index (χ4n) is 2.05. The van der Waals surface area contributed by atoms with E-state index in [0.717, 1.165) is 5.56 Å². The van der Waals surface area contributed by atoms with E-state index in [9.17, 15) is 10.1 Å². The van der Waals surface area contributed by atoms with Crippen LogP contribution in [0.2, 0.25) is 0 Å². The molecule has 8 heteroatoms. The highest BCUT2D eigenvalue weighted by Gasteiger charge is 2.24. The molecular formula is C15H19N5O3. The molecule has 0 aliphatic carbocycles. The van der Waals surface area contributed by atoms with Crippen molar-refractivity contribution in [1.82, 2.24) is 9.97 Å². The third-order valence-electron chi connectivity index (χ3n) is 3.12. The third kappa shape index (κ3) is 4.36. The largest absolute Gasteiger partial charge is 0.383 e. The number of hydrogen-bond donors (Lipinski definition) is 2. The lowest BCUT2D eigenvalue weighted by Crippen LogP contribution is -2.22. The van der Waals surface area contributed by atoms with E-state index in [2.05, 4.69) is 20.6 Å². The molecule has 1 aromatic carbocycles. The van der Waals surface area contributed by atoms with Gasteiger partial charge in [0.25, 0.3) is 0 Å². The molecule has 0 aliphatic heterocycles. The van der Waals surface area contributed by atoms with Gasteiger partial charge in [-0.3, -0.25) is 10.1 Å². The van der Waals surface area contributed by atoms with Gasteiger partial charge in [-0.25, -0.2) is 9.97 Å². The van der Waals surface area contributed by atoms with Crippen LogP contribution in [0.15, 0.2) is 30.6 Å². The summed E-state index contributed by atoms with van der Waals surface area (Å²) in [6, 6.07) is 7.37. The number of anilines is 3. The normalized spacial score (nSPS) is 11.8. The molecule has 1 unspecified atom stereocenters. The molecule has 8 nitrogen and oxygen atoms in total. The molecule has 0 spiro atoms. The summed E-state index contributed by atoms with van der Waals surface area (Å²) >= 11 is 0. The highest BCUT2D eigenvalue weighted by molar-refractivity contribution is 5.73. The van der Waals surface area contributed by atoms with Crippen LogP contribution >= 0.6 is 0 Å². The Morgan fingerprint density at radius 1 is 1.26 bits per heavy atom. The van der Waals surface area contributed by atoms with Gasteiger partial charge in [-0.15, -0.1) is 0 Å². The SMILES string of the molecule is COCC(C)Nc1ncnc(Nc2ccc(C)cc2)c1[N+](=O)[O-]. The number of methoxy groups -OCH3 is 1. The first-order valence-corrected chi connectivity index (χ1v) is 7.09. The van der Waals surface area contributed by atoms with Gasteiger partial charge in [0.2, 0.25) is 11.6 Å². The van der Waals surface area contributed by atoms with Gasteiger partial charge in [0.05, 0.1) is 11.5 Å². The highest BCUT2D eigenvalue weighted by Crippen LogP contribution is 2.31. The second-order valence-electron chi connectivity index (χ2n) is 5.17. The summed E-state index contributed by atoms with van der Waals surface area (Å²) in [5, 5.41) is 17.4. The van der Waals surface area contributed by atoms with Crippen molar-refractivity contribution in [2.75, 3.05) is 24.4 Å². The maximum atomic E-state index is 11.4. The standard InChI is InChI=1S/C15H19N5O3/c1-10-4-6-12(7-5-10)19-15-13(20(21)22)14(16-9-17-15)18-11(2)8-23-3/h4-7,9,11H,8H2,1-3H3,(H2,16,17,18,19). The molecule has 0 amide bonds. The molecule has 2 aromatic rings. The van der Waals surface area contributed by atoms with E-state index >= 15 is 0 Å². The number of rotatable bonds is 7. The van der Waals surface area contributed by atoms with Crippen molar-refractivity contribution in [2.24, 2.45) is 0 Å². The van der Waals surface area contributed by atoms with Crippen LogP contribution in [0.1, 0.15) is 12.5 Å². The zero-order valence-electron chi connectivity index (χ0n) is 13.2. The van der Waals surface area contributed by atoms with Crippen molar-refractivity contribution in [3.8, 4) is 0 Å². The first-order chi connectivity index (χ1) is 11.0. The quantitative estimate of drug-likeness (QED) is 0.598. The predicted molar refractivity (Wildman–Crippen MR) is 88.1 cm³/mol. The second kappa shape index (κ2) is 7.50. The van der Waals surface area contributed by atoms with Crippen LogP contribution < -0.4 is 10.6 Å². The minimum absolute atomic E-state index is 0.124. The molecule has 0 saturated carbocycles. The topological polar surface area (TPSA) is 102 Å². The van der Waals surface area contributed by atoms with Gasteiger partial charge in [0.1, 0.15) is 6.33 Å². The number of benzene rings is 1. The number of nitrogens with one attached hydrogen (secondary N) is 2. The van der Waals surface area contributed by atoms with Crippen LogP contribution in [0.25, 0.3) is 0 Å². The average Bonchev–Trinajstić information content (AvgIpc) is 2.49. The fourth-order valence-corrected chi connectivity index (χ4v) is 2.05. The molecule has 0 fully saturated rings. The lowest BCUT2D eigenvalue weighted by molar-refractivity contribution is -0.383. The van der Waals surface area contributed by atoms with Gasteiger partial charge in [0.15, 0.2) is 0 Å². The van der Waals surface area contributed by atoms with Crippen molar-refractivity contribution >= 4 is 23.0 Å². The third-order valence-corrected chi connectivity index (χ3v) is 3.12. The monoisotopic (exact) mass is 317 g/mol. The second-order valence-corrected chi connectivity index (χ2v) is 5.17. The zero-order valence-corrected chi connectivity index (χ0v) is 13.2. The molecule has 23 heavy (non-hydrogen) atoms. The molecule has 1 heterocycles. The van der Waals surface area contributed by atoms with Crippen molar-refractivity contribution in [2.45, 2.75) is 19.9 Å². The molecule has 2 rings (SSSR count). The summed E-state index contributed by atoms with van der Waals surface area (Å²) in [5.41, 5.74) is 1.62. The molecule has 1 aromatic heterocycles. The Balaban J connectivity index is 2.31. The van der Waals surface area contributed by atoms with Gasteiger partial charge in [-0.2, -0.15) is 0 Å². The number of aromatic nitrogens is 2. The Morgan fingerprint density at radius 2 is 1.91 bits per heavy atom. The summed E-state index contributed by atoms with van der Waals surface area (Å²) < 4.78 is 5.02. The average molecular weight is 317 g/mol. The number of aryl methyl sites for hydroxylation is 1. The van der Waals surface area contributed by atoms with Crippen molar-refractivity contribution < 1.29 is 9.66 Å². The van der Waals surface area contributed by atoms with Gasteiger partial charge in [-0.1, -0.05) is 17.7 Å². The Kier molecular flexibility index (Phi) is 5.42. The van der Waals surface area contributed by atoms with E-state index in [1.54, 1.807) is 7.11 Å². The van der Waals surface area contributed by atoms with Crippen molar-refractivity contribution in [1.29, 1.82) is 0 Å². The summed E-state index contributed by atoms with van der Waals surface area (Å²) in [6.07, 6.45) is 1.28. The Hall–Kier alpha value is -2.74. The molecule has 2 N–H and O–H groups in total. The lowest BCUT2D eigenvalue weighted by atomic mass is 10.2. The highest BCUT2D eigenvalue weighted by atomic mass is 16.6. The Bertz CT molecular complexity index is 675. The molecule has 0 aliphatic rings. The van der Waals surface area contributed by atoms with Gasteiger partial charge in [0, 0.05) is 18.8 Å². The zero-order chi connectivity index (χ0) is 16.8.